The van der Waals surface area contributed by atoms with E-state index in [9.17, 15) is 4.79 Å². The van der Waals surface area contributed by atoms with Gasteiger partial charge < -0.3 is 10.6 Å². The van der Waals surface area contributed by atoms with E-state index in [1.807, 2.05) is 31.2 Å². The summed E-state index contributed by atoms with van der Waals surface area (Å²) in [5.74, 6) is 0.0393. The molecule has 3 aromatic rings. The maximum Gasteiger partial charge on any atom is 0.238 e. The molecule has 27 heavy (non-hydrogen) atoms. The number of nitrogens with one attached hydrogen (secondary N) is 2. The van der Waals surface area contributed by atoms with E-state index < -0.39 is 5.25 Å². The molecule has 1 atom stereocenters. The molecule has 0 aliphatic carbocycles. The number of carbonyl (C=O) groups excluding carboxylic acids is 1. The summed E-state index contributed by atoms with van der Waals surface area (Å²) in [6.07, 6.45) is 1.43. The number of aryl methyl sites for hydroxylation is 1. The van der Waals surface area contributed by atoms with Crippen LogP contribution in [0.15, 0.2) is 40.9 Å². The van der Waals surface area contributed by atoms with Gasteiger partial charge in [0.05, 0.1) is 15.3 Å². The molecule has 1 unspecified atom stereocenters. The predicted octanol–water partition coefficient (Wildman–Crippen LogP) is 5.41. The van der Waals surface area contributed by atoms with E-state index in [4.69, 9.17) is 23.2 Å². The third kappa shape index (κ3) is 5.55. The van der Waals surface area contributed by atoms with Crippen molar-refractivity contribution < 1.29 is 4.79 Å². The van der Waals surface area contributed by atoms with Crippen LogP contribution in [0.1, 0.15) is 12.5 Å². The first kappa shape index (κ1) is 19.9. The highest BCUT2D eigenvalue weighted by molar-refractivity contribution is 8.02. The van der Waals surface area contributed by atoms with Gasteiger partial charge in [0.1, 0.15) is 0 Å². The van der Waals surface area contributed by atoms with E-state index in [-0.39, 0.29) is 16.7 Å². The standard InChI is InChI=1S/C17H15Cl2N5OS2/c1-9-3-5-12(6-4-9)21-16-23-24-17(27-16)26-10(2)15(25)22-14-13(19)7-11(18)8-20-14/h3-8,10H,1-2H3,(H,21,23)(H,20,22,25). The molecular weight excluding hydrogens is 425 g/mol. The van der Waals surface area contributed by atoms with Crippen molar-refractivity contribution in [1.82, 2.24) is 15.2 Å². The number of pyridine rings is 1. The molecule has 10 heteroatoms. The number of amides is 1. The van der Waals surface area contributed by atoms with Gasteiger partial charge in [0, 0.05) is 11.9 Å². The maximum atomic E-state index is 12.4. The lowest BCUT2D eigenvalue weighted by molar-refractivity contribution is -0.115. The van der Waals surface area contributed by atoms with Crippen molar-refractivity contribution in [3.8, 4) is 0 Å². The summed E-state index contributed by atoms with van der Waals surface area (Å²) in [5, 5.41) is 15.1. The molecule has 0 bridgehead atoms. The second kappa shape index (κ2) is 8.88. The van der Waals surface area contributed by atoms with Crippen LogP contribution in [0, 0.1) is 6.92 Å². The number of thioether (sulfide) groups is 1. The lowest BCUT2D eigenvalue weighted by Gasteiger charge is -2.10. The van der Waals surface area contributed by atoms with Gasteiger partial charge >= 0.3 is 0 Å². The van der Waals surface area contributed by atoms with Gasteiger partial charge in [-0.05, 0) is 32.0 Å². The largest absolute Gasteiger partial charge is 0.330 e. The number of hydrogen-bond acceptors (Lipinski definition) is 7. The fourth-order valence-electron chi connectivity index (χ4n) is 2.00. The van der Waals surface area contributed by atoms with Crippen LogP contribution in [-0.4, -0.2) is 26.3 Å². The Balaban J connectivity index is 1.59. The first-order chi connectivity index (χ1) is 12.9. The van der Waals surface area contributed by atoms with Crippen LogP contribution < -0.4 is 10.6 Å². The quantitative estimate of drug-likeness (QED) is 0.499. The average molecular weight is 440 g/mol. The Morgan fingerprint density at radius 1 is 1.22 bits per heavy atom. The summed E-state index contributed by atoms with van der Waals surface area (Å²) in [7, 11) is 0. The van der Waals surface area contributed by atoms with E-state index in [0.29, 0.717) is 14.5 Å². The number of aromatic nitrogens is 3. The molecule has 2 aromatic heterocycles. The van der Waals surface area contributed by atoms with Crippen molar-refractivity contribution in [1.29, 1.82) is 0 Å². The Bertz CT molecular complexity index is 949. The summed E-state index contributed by atoms with van der Waals surface area (Å²) in [4.78, 5) is 16.4. The van der Waals surface area contributed by atoms with Gasteiger partial charge in [-0.25, -0.2) is 4.98 Å². The number of nitrogens with zero attached hydrogens (tertiary/aromatic N) is 3. The summed E-state index contributed by atoms with van der Waals surface area (Å²) in [6, 6.07) is 9.50. The Morgan fingerprint density at radius 3 is 2.67 bits per heavy atom. The van der Waals surface area contributed by atoms with Crippen LogP contribution in [0.4, 0.5) is 16.6 Å². The monoisotopic (exact) mass is 439 g/mol. The van der Waals surface area contributed by atoms with Gasteiger partial charge in [-0.3, -0.25) is 4.79 Å². The summed E-state index contributed by atoms with van der Waals surface area (Å²) in [5.41, 5.74) is 2.12. The highest BCUT2D eigenvalue weighted by atomic mass is 35.5. The van der Waals surface area contributed by atoms with Crippen molar-refractivity contribution in [3.63, 3.8) is 0 Å². The predicted molar refractivity (Wildman–Crippen MR) is 113 cm³/mol. The average Bonchev–Trinajstić information content (AvgIpc) is 3.06. The Hall–Kier alpha value is -1.87. The Kier molecular flexibility index (Phi) is 6.54. The van der Waals surface area contributed by atoms with Crippen LogP contribution in [0.25, 0.3) is 0 Å². The fraction of sp³-hybridized carbons (Fsp3) is 0.176. The molecule has 0 radical (unpaired) electrons. The fourth-order valence-corrected chi connectivity index (χ4v) is 4.34. The molecule has 0 saturated heterocycles. The first-order valence-electron chi connectivity index (χ1n) is 7.86. The van der Waals surface area contributed by atoms with E-state index in [1.54, 1.807) is 6.92 Å². The topological polar surface area (TPSA) is 79.8 Å². The Labute approximate surface area is 174 Å². The van der Waals surface area contributed by atoms with Gasteiger partial charge in [-0.15, -0.1) is 10.2 Å². The zero-order chi connectivity index (χ0) is 19.4. The molecule has 1 amide bonds. The number of hydrogen-bond donors (Lipinski definition) is 2. The molecular formula is C17H15Cl2N5OS2. The molecule has 3 rings (SSSR count). The molecule has 0 saturated carbocycles. The first-order valence-corrected chi connectivity index (χ1v) is 10.3. The smallest absolute Gasteiger partial charge is 0.238 e. The lowest BCUT2D eigenvalue weighted by atomic mass is 10.2. The zero-order valence-corrected chi connectivity index (χ0v) is 17.5. The van der Waals surface area contributed by atoms with Crippen LogP contribution in [0.2, 0.25) is 10.0 Å². The number of rotatable bonds is 6. The van der Waals surface area contributed by atoms with Crippen molar-refractivity contribution in [2.45, 2.75) is 23.4 Å². The number of carbonyl (C=O) groups is 1. The van der Waals surface area contributed by atoms with E-state index in [0.717, 1.165) is 5.69 Å². The van der Waals surface area contributed by atoms with Gasteiger partial charge in [-0.2, -0.15) is 0 Å². The summed E-state index contributed by atoms with van der Waals surface area (Å²) >= 11 is 14.5. The second-order valence-corrected chi connectivity index (χ2v) is 9.01. The van der Waals surface area contributed by atoms with Crippen molar-refractivity contribution in [2.24, 2.45) is 0 Å². The zero-order valence-electron chi connectivity index (χ0n) is 14.4. The van der Waals surface area contributed by atoms with Gasteiger partial charge in [0.15, 0.2) is 10.2 Å². The van der Waals surface area contributed by atoms with Crippen molar-refractivity contribution in [2.75, 3.05) is 10.6 Å². The van der Waals surface area contributed by atoms with E-state index in [1.165, 1.54) is 40.9 Å². The Morgan fingerprint density at radius 2 is 1.96 bits per heavy atom. The van der Waals surface area contributed by atoms with E-state index >= 15 is 0 Å². The number of halogens is 2. The van der Waals surface area contributed by atoms with Crippen molar-refractivity contribution in [3.05, 3.63) is 52.1 Å². The molecule has 0 spiro atoms. The van der Waals surface area contributed by atoms with E-state index in [2.05, 4.69) is 25.8 Å². The summed E-state index contributed by atoms with van der Waals surface area (Å²) < 4.78 is 0.683. The molecule has 6 nitrogen and oxygen atoms in total. The van der Waals surface area contributed by atoms with Crippen LogP contribution in [-0.2, 0) is 4.79 Å². The van der Waals surface area contributed by atoms with Crippen LogP contribution in [0.3, 0.4) is 0 Å². The molecule has 0 aliphatic rings. The molecule has 2 heterocycles. The number of anilines is 3. The molecule has 0 aliphatic heterocycles. The van der Waals surface area contributed by atoms with Gasteiger partial charge in [-0.1, -0.05) is 64.0 Å². The molecule has 0 fully saturated rings. The number of benzene rings is 1. The highest BCUT2D eigenvalue weighted by Crippen LogP contribution is 2.31. The minimum Gasteiger partial charge on any atom is -0.330 e. The second-order valence-electron chi connectivity index (χ2n) is 5.60. The summed E-state index contributed by atoms with van der Waals surface area (Å²) in [6.45, 7) is 3.81. The third-order valence-electron chi connectivity index (χ3n) is 3.41. The normalized spacial score (nSPS) is 11.9. The third-order valence-corrected chi connectivity index (χ3v) is 5.92. The molecule has 1 aromatic carbocycles. The molecule has 140 valence electrons. The lowest BCUT2D eigenvalue weighted by Crippen LogP contribution is -2.23. The molecule has 2 N–H and O–H groups in total. The van der Waals surface area contributed by atoms with Crippen LogP contribution >= 0.6 is 46.3 Å². The SMILES string of the molecule is Cc1ccc(Nc2nnc(SC(C)C(=O)Nc3ncc(Cl)cc3Cl)s2)cc1. The van der Waals surface area contributed by atoms with Crippen LogP contribution in [0.5, 0.6) is 0 Å². The minimum absolute atomic E-state index is 0.236. The minimum atomic E-state index is -0.404. The van der Waals surface area contributed by atoms with Gasteiger partial charge in [0.25, 0.3) is 0 Å². The van der Waals surface area contributed by atoms with Crippen molar-refractivity contribution >= 4 is 68.8 Å². The maximum absolute atomic E-state index is 12.4. The highest BCUT2D eigenvalue weighted by Gasteiger charge is 2.19. The van der Waals surface area contributed by atoms with Gasteiger partial charge in [0.2, 0.25) is 11.0 Å².